The van der Waals surface area contributed by atoms with E-state index in [0.29, 0.717) is 17.2 Å². The maximum Gasteiger partial charge on any atom is 0.310 e. The molecule has 1 amide bonds. The lowest BCUT2D eigenvalue weighted by Gasteiger charge is -2.40. The van der Waals surface area contributed by atoms with Crippen LogP contribution in [0.4, 0.5) is 19.4 Å². The molecule has 2 aromatic carbocycles. The number of rotatable bonds is 6. The SMILES string of the molecule is CC(C#N)(COc1cc(Cl)ccc1Cl)NC(=O)c1ccc(S(F)(F)(F)(F)F)cc1. The highest BCUT2D eigenvalue weighted by Gasteiger charge is 2.65. The summed E-state index contributed by atoms with van der Waals surface area (Å²) in [5.41, 5.74) is -1.96. The molecular formula is C17H13Cl2F5N2O2S. The van der Waals surface area contributed by atoms with Crippen LogP contribution in [0, 0.1) is 11.3 Å². The Morgan fingerprint density at radius 3 is 2.24 bits per heavy atom. The van der Waals surface area contributed by atoms with Crippen molar-refractivity contribution in [1.29, 1.82) is 5.26 Å². The van der Waals surface area contributed by atoms with Gasteiger partial charge in [-0.2, -0.15) is 5.26 Å². The Morgan fingerprint density at radius 2 is 1.72 bits per heavy atom. The maximum atomic E-state index is 12.7. The number of hydrogen-bond donors (Lipinski definition) is 1. The molecule has 158 valence electrons. The molecule has 12 heteroatoms. The van der Waals surface area contributed by atoms with E-state index in [1.54, 1.807) is 6.07 Å². The van der Waals surface area contributed by atoms with E-state index in [1.165, 1.54) is 25.1 Å². The molecule has 29 heavy (non-hydrogen) atoms. The van der Waals surface area contributed by atoms with Crippen molar-refractivity contribution in [3.8, 4) is 11.8 Å². The van der Waals surface area contributed by atoms with Gasteiger partial charge >= 0.3 is 10.2 Å². The number of amides is 1. The molecule has 0 radical (unpaired) electrons. The smallest absolute Gasteiger partial charge is 0.310 e. The van der Waals surface area contributed by atoms with Crippen molar-refractivity contribution in [2.24, 2.45) is 0 Å². The largest absolute Gasteiger partial charge is 0.488 e. The third kappa shape index (κ3) is 6.13. The Balaban J connectivity index is 2.15. The van der Waals surface area contributed by atoms with E-state index in [2.05, 4.69) is 5.32 Å². The fraction of sp³-hybridized carbons (Fsp3) is 0.176. The van der Waals surface area contributed by atoms with Crippen LogP contribution in [-0.2, 0) is 0 Å². The molecule has 0 aliphatic heterocycles. The van der Waals surface area contributed by atoms with Gasteiger partial charge in [0.1, 0.15) is 17.3 Å². The van der Waals surface area contributed by atoms with Gasteiger partial charge in [-0.15, -0.1) is 0 Å². The predicted octanol–water partition coefficient (Wildman–Crippen LogP) is 6.74. The van der Waals surface area contributed by atoms with Crippen LogP contribution in [0.3, 0.4) is 0 Å². The second-order valence-corrected chi connectivity index (χ2v) is 9.51. The van der Waals surface area contributed by atoms with Gasteiger partial charge in [-0.3, -0.25) is 4.79 Å². The fourth-order valence-corrected chi connectivity index (χ4v) is 3.08. The highest BCUT2D eigenvalue weighted by atomic mass is 35.5. The van der Waals surface area contributed by atoms with Crippen molar-refractivity contribution >= 4 is 39.3 Å². The van der Waals surface area contributed by atoms with Crippen molar-refractivity contribution in [2.45, 2.75) is 17.4 Å². The van der Waals surface area contributed by atoms with Crippen LogP contribution in [-0.4, -0.2) is 18.1 Å². The molecule has 1 unspecified atom stereocenters. The van der Waals surface area contributed by atoms with Gasteiger partial charge in [0, 0.05) is 16.7 Å². The summed E-state index contributed by atoms with van der Waals surface area (Å²) in [5, 5.41) is 12.2. The minimum atomic E-state index is -9.84. The Labute approximate surface area is 172 Å². The highest BCUT2D eigenvalue weighted by Crippen LogP contribution is 3.02. The lowest BCUT2D eigenvalue weighted by atomic mass is 10.1. The van der Waals surface area contributed by atoms with Crippen molar-refractivity contribution in [2.75, 3.05) is 6.61 Å². The quantitative estimate of drug-likeness (QED) is 0.471. The second-order valence-electron chi connectivity index (χ2n) is 6.25. The van der Waals surface area contributed by atoms with Gasteiger partial charge in [-0.05, 0) is 43.3 Å². The Hall–Kier alpha value is -2.22. The summed E-state index contributed by atoms with van der Waals surface area (Å²) in [7, 11) is -9.84. The number of benzene rings is 2. The van der Waals surface area contributed by atoms with E-state index < -0.39 is 26.6 Å². The van der Waals surface area contributed by atoms with E-state index >= 15 is 0 Å². The van der Waals surface area contributed by atoms with E-state index in [1.807, 2.05) is 0 Å². The predicted molar refractivity (Wildman–Crippen MR) is 101 cm³/mol. The number of nitriles is 1. The molecule has 0 saturated heterocycles. The van der Waals surface area contributed by atoms with Gasteiger partial charge in [0.25, 0.3) is 5.91 Å². The number of ether oxygens (including phenoxy) is 1. The first-order valence-corrected chi connectivity index (χ1v) is 10.4. The molecule has 0 spiro atoms. The first kappa shape index (κ1) is 23.1. The fourth-order valence-electron chi connectivity index (χ4n) is 2.09. The molecule has 1 N–H and O–H groups in total. The summed E-state index contributed by atoms with van der Waals surface area (Å²) in [6.07, 6.45) is 0. The second kappa shape index (κ2) is 6.93. The number of hydrogen-bond acceptors (Lipinski definition) is 3. The molecule has 0 aromatic heterocycles. The molecule has 0 heterocycles. The Kier molecular flexibility index (Phi) is 5.51. The van der Waals surface area contributed by atoms with Crippen LogP contribution >= 0.6 is 33.4 Å². The highest BCUT2D eigenvalue weighted by molar-refractivity contribution is 8.45. The number of carbonyl (C=O) groups is 1. The normalized spacial score (nSPS) is 16.0. The summed E-state index contributed by atoms with van der Waals surface area (Å²) in [5.74, 6) is -0.807. The van der Waals surface area contributed by atoms with Crippen LogP contribution in [0.5, 0.6) is 5.75 Å². The monoisotopic (exact) mass is 474 g/mol. The van der Waals surface area contributed by atoms with Gasteiger partial charge in [0.15, 0.2) is 5.54 Å². The van der Waals surface area contributed by atoms with Gasteiger partial charge < -0.3 is 10.1 Å². The van der Waals surface area contributed by atoms with E-state index in [9.17, 15) is 29.5 Å². The van der Waals surface area contributed by atoms with E-state index in [4.69, 9.17) is 27.9 Å². The molecule has 0 saturated carbocycles. The van der Waals surface area contributed by atoms with Gasteiger partial charge in [-0.25, -0.2) is 0 Å². The lowest BCUT2D eigenvalue weighted by Crippen LogP contribution is -2.49. The number of halogens is 7. The summed E-state index contributed by atoms with van der Waals surface area (Å²) < 4.78 is 69.1. The first-order chi connectivity index (χ1) is 13.0. The van der Waals surface area contributed by atoms with E-state index in [-0.39, 0.29) is 35.1 Å². The molecule has 4 nitrogen and oxygen atoms in total. The van der Waals surface area contributed by atoms with Crippen molar-refractivity contribution < 1.29 is 29.0 Å². The van der Waals surface area contributed by atoms with Gasteiger partial charge in [0.05, 0.1) is 11.1 Å². The van der Waals surface area contributed by atoms with Crippen molar-refractivity contribution in [1.82, 2.24) is 5.32 Å². The lowest BCUT2D eigenvalue weighted by molar-refractivity contribution is 0.0901. The molecule has 1 atom stereocenters. The van der Waals surface area contributed by atoms with Gasteiger partial charge in [-0.1, -0.05) is 42.6 Å². The van der Waals surface area contributed by atoms with Crippen LogP contribution < -0.4 is 10.1 Å². The molecule has 0 fully saturated rings. The zero-order valence-electron chi connectivity index (χ0n) is 14.6. The average molecular weight is 475 g/mol. The third-order valence-corrected chi connectivity index (χ3v) is 5.32. The number of nitrogens with zero attached hydrogens (tertiary/aromatic N) is 1. The number of nitrogens with one attached hydrogen (secondary N) is 1. The van der Waals surface area contributed by atoms with Crippen molar-refractivity contribution in [3.05, 3.63) is 58.1 Å². The van der Waals surface area contributed by atoms with Crippen LogP contribution in [0.1, 0.15) is 17.3 Å². The zero-order chi connectivity index (χ0) is 22.2. The summed E-state index contributed by atoms with van der Waals surface area (Å²) in [4.78, 5) is 10.1. The van der Waals surface area contributed by atoms with Crippen molar-refractivity contribution in [3.63, 3.8) is 0 Å². The number of carbonyl (C=O) groups excluding carboxylic acids is 1. The van der Waals surface area contributed by atoms with Crippen LogP contribution in [0.2, 0.25) is 10.0 Å². The third-order valence-electron chi connectivity index (χ3n) is 3.61. The average Bonchev–Trinajstić information content (AvgIpc) is 2.60. The maximum absolute atomic E-state index is 12.7. The molecule has 0 bridgehead atoms. The zero-order valence-corrected chi connectivity index (χ0v) is 16.9. The molecule has 2 aromatic rings. The Bertz CT molecular complexity index is 995. The first-order valence-electron chi connectivity index (χ1n) is 7.69. The standard InChI is InChI=1S/C17H13Cl2F5N2O2S/c1-17(9-25,10-28-15-8-12(18)4-7-14(15)19)26-16(27)11-2-5-13(6-3-11)29(20,21,22,23)24/h2-8H,10H2,1H3,(H,26,27). The minimum absolute atomic E-state index is 0.114. The minimum Gasteiger partial charge on any atom is -0.488 e. The molecule has 0 aliphatic rings. The molecule has 2 rings (SSSR count). The molecule has 0 aliphatic carbocycles. The Morgan fingerprint density at radius 1 is 1.14 bits per heavy atom. The summed E-state index contributed by atoms with van der Waals surface area (Å²) in [6.45, 7) is 0.922. The summed E-state index contributed by atoms with van der Waals surface area (Å²) in [6, 6.07) is 7.58. The molecular weight excluding hydrogens is 462 g/mol. The van der Waals surface area contributed by atoms with Gasteiger partial charge in [0.2, 0.25) is 0 Å². The van der Waals surface area contributed by atoms with Crippen LogP contribution in [0.15, 0.2) is 47.4 Å². The summed E-state index contributed by atoms with van der Waals surface area (Å²) >= 11 is 11.8. The van der Waals surface area contributed by atoms with E-state index in [0.717, 1.165) is 0 Å². The topological polar surface area (TPSA) is 62.1 Å². The van der Waals surface area contributed by atoms with Crippen LogP contribution in [0.25, 0.3) is 0 Å².